The summed E-state index contributed by atoms with van der Waals surface area (Å²) in [7, 11) is 0. The van der Waals surface area contributed by atoms with E-state index in [9.17, 15) is 9.18 Å². The van der Waals surface area contributed by atoms with Crippen LogP contribution < -0.4 is 0 Å². The fourth-order valence-corrected chi connectivity index (χ4v) is 2.86. The minimum Gasteiger partial charge on any atom is -0.461 e. The van der Waals surface area contributed by atoms with E-state index >= 15 is 0 Å². The van der Waals surface area contributed by atoms with Crippen LogP contribution in [-0.4, -0.2) is 22.2 Å². The van der Waals surface area contributed by atoms with Crippen molar-refractivity contribution in [2.45, 2.75) is 18.6 Å². The van der Waals surface area contributed by atoms with Crippen molar-refractivity contribution in [3.63, 3.8) is 0 Å². The number of hydrogen-bond acceptors (Lipinski definition) is 6. The van der Waals surface area contributed by atoms with Gasteiger partial charge < -0.3 is 9.15 Å². The summed E-state index contributed by atoms with van der Waals surface area (Å²) in [6.45, 7) is 1.77. The molecular weight excluding hydrogens is 343 g/mol. The maximum absolute atomic E-state index is 12.9. The highest BCUT2D eigenvalue weighted by molar-refractivity contribution is 7.98. The van der Waals surface area contributed by atoms with Crippen LogP contribution in [0.5, 0.6) is 0 Å². The molecule has 7 heteroatoms. The molecule has 2 heterocycles. The van der Waals surface area contributed by atoms with E-state index in [4.69, 9.17) is 9.15 Å². The molecule has 1 aromatic carbocycles. The number of carbonyl (C=O) groups is 1. The van der Waals surface area contributed by atoms with Crippen LogP contribution in [0.3, 0.4) is 0 Å². The van der Waals surface area contributed by atoms with Crippen molar-refractivity contribution >= 4 is 17.7 Å². The van der Waals surface area contributed by atoms with Crippen molar-refractivity contribution in [1.82, 2.24) is 9.97 Å². The normalized spacial score (nSPS) is 10.7. The summed E-state index contributed by atoms with van der Waals surface area (Å²) in [6, 6.07) is 9.29. The van der Waals surface area contributed by atoms with Crippen LogP contribution in [0.2, 0.25) is 0 Å². The van der Waals surface area contributed by atoms with Gasteiger partial charge in [-0.1, -0.05) is 12.1 Å². The SMILES string of the molecule is CSc1nc(-c2ccco2)nc(C)c1C(=O)OCc1ccc(F)cc1. The number of ether oxygens (including phenoxy) is 1. The van der Waals surface area contributed by atoms with Crippen molar-refractivity contribution in [2.24, 2.45) is 0 Å². The van der Waals surface area contributed by atoms with Gasteiger partial charge in [0, 0.05) is 0 Å². The lowest BCUT2D eigenvalue weighted by Gasteiger charge is -2.11. The van der Waals surface area contributed by atoms with Gasteiger partial charge in [-0.05, 0) is 43.0 Å². The molecule has 0 saturated heterocycles. The predicted octanol–water partition coefficient (Wildman–Crippen LogP) is 4.26. The average Bonchev–Trinajstić information content (AvgIpc) is 3.15. The molecule has 3 rings (SSSR count). The Hall–Kier alpha value is -2.67. The van der Waals surface area contributed by atoms with E-state index in [2.05, 4.69) is 9.97 Å². The molecule has 2 aromatic heterocycles. The number of aryl methyl sites for hydroxylation is 1. The standard InChI is InChI=1S/C18H15FN2O3S/c1-11-15(18(22)24-10-12-5-7-13(19)8-6-12)17(25-2)21-16(20-11)14-4-3-9-23-14/h3-9H,10H2,1-2H3. The molecule has 0 spiro atoms. The Morgan fingerprint density at radius 2 is 2.00 bits per heavy atom. The molecule has 0 unspecified atom stereocenters. The molecule has 0 N–H and O–H groups in total. The van der Waals surface area contributed by atoms with Gasteiger partial charge in [-0.25, -0.2) is 19.2 Å². The van der Waals surface area contributed by atoms with Crippen molar-refractivity contribution in [1.29, 1.82) is 0 Å². The van der Waals surface area contributed by atoms with Crippen molar-refractivity contribution in [3.8, 4) is 11.6 Å². The van der Waals surface area contributed by atoms with Gasteiger partial charge in [0.25, 0.3) is 0 Å². The largest absolute Gasteiger partial charge is 0.461 e. The number of furan rings is 1. The number of carbonyl (C=O) groups excluding carboxylic acids is 1. The molecule has 5 nitrogen and oxygen atoms in total. The molecule has 0 radical (unpaired) electrons. The minimum atomic E-state index is -0.517. The number of nitrogens with zero attached hydrogens (tertiary/aromatic N) is 2. The van der Waals surface area contributed by atoms with Gasteiger partial charge in [-0.15, -0.1) is 11.8 Å². The number of hydrogen-bond donors (Lipinski definition) is 0. The average molecular weight is 358 g/mol. The molecule has 3 aromatic rings. The second-order valence-electron chi connectivity index (χ2n) is 5.20. The molecule has 0 aliphatic carbocycles. The maximum Gasteiger partial charge on any atom is 0.343 e. The van der Waals surface area contributed by atoms with Gasteiger partial charge in [0.15, 0.2) is 11.6 Å². The first-order valence-electron chi connectivity index (χ1n) is 7.46. The van der Waals surface area contributed by atoms with Gasteiger partial charge in [0.05, 0.1) is 12.0 Å². The Labute approximate surface area is 148 Å². The fourth-order valence-electron chi connectivity index (χ4n) is 2.25. The highest BCUT2D eigenvalue weighted by atomic mass is 32.2. The monoisotopic (exact) mass is 358 g/mol. The molecule has 0 fully saturated rings. The van der Waals surface area contributed by atoms with Crippen molar-refractivity contribution < 1.29 is 18.3 Å². The van der Waals surface area contributed by atoms with E-state index in [1.807, 2.05) is 6.26 Å². The van der Waals surface area contributed by atoms with E-state index in [0.717, 1.165) is 0 Å². The van der Waals surface area contributed by atoms with Crippen LogP contribution in [0.1, 0.15) is 21.6 Å². The van der Waals surface area contributed by atoms with E-state index in [-0.39, 0.29) is 12.4 Å². The second-order valence-corrected chi connectivity index (χ2v) is 5.99. The molecule has 0 atom stereocenters. The Morgan fingerprint density at radius 1 is 1.24 bits per heavy atom. The number of benzene rings is 1. The quantitative estimate of drug-likeness (QED) is 0.386. The summed E-state index contributed by atoms with van der Waals surface area (Å²) in [5.41, 5.74) is 1.53. The van der Waals surface area contributed by atoms with Crippen LogP contribution in [0, 0.1) is 12.7 Å². The summed E-state index contributed by atoms with van der Waals surface area (Å²) in [4.78, 5) is 21.2. The molecule has 128 valence electrons. The zero-order valence-corrected chi connectivity index (χ0v) is 14.5. The number of halogens is 1. The highest BCUT2D eigenvalue weighted by Crippen LogP contribution is 2.26. The lowest BCUT2D eigenvalue weighted by atomic mass is 10.2. The van der Waals surface area contributed by atoms with Crippen LogP contribution in [0.4, 0.5) is 4.39 Å². The van der Waals surface area contributed by atoms with Gasteiger partial charge in [0.1, 0.15) is 23.0 Å². The Morgan fingerprint density at radius 3 is 2.64 bits per heavy atom. The Kier molecular flexibility index (Phi) is 5.14. The lowest BCUT2D eigenvalue weighted by molar-refractivity contribution is 0.0466. The number of rotatable bonds is 5. The molecule has 0 saturated carbocycles. The van der Waals surface area contributed by atoms with E-state index in [1.54, 1.807) is 31.2 Å². The maximum atomic E-state index is 12.9. The third-order valence-corrected chi connectivity index (χ3v) is 4.16. The zero-order valence-electron chi connectivity index (χ0n) is 13.7. The summed E-state index contributed by atoms with van der Waals surface area (Å²) in [5, 5.41) is 0.517. The van der Waals surface area contributed by atoms with Crippen molar-refractivity contribution in [2.75, 3.05) is 6.26 Å². The zero-order chi connectivity index (χ0) is 17.8. The predicted molar refractivity (Wildman–Crippen MR) is 91.8 cm³/mol. The Bertz CT molecular complexity index is 880. The van der Waals surface area contributed by atoms with Gasteiger partial charge in [-0.2, -0.15) is 0 Å². The van der Waals surface area contributed by atoms with Gasteiger partial charge in [-0.3, -0.25) is 0 Å². The van der Waals surface area contributed by atoms with E-state index in [1.165, 1.54) is 30.2 Å². The molecule has 25 heavy (non-hydrogen) atoms. The number of esters is 1. The molecule has 0 aliphatic rings. The third kappa shape index (κ3) is 3.88. The first-order chi connectivity index (χ1) is 12.1. The lowest BCUT2D eigenvalue weighted by Crippen LogP contribution is -2.12. The smallest absolute Gasteiger partial charge is 0.343 e. The van der Waals surface area contributed by atoms with Crippen LogP contribution in [0.15, 0.2) is 52.1 Å². The molecular formula is C18H15FN2O3S. The summed E-state index contributed by atoms with van der Waals surface area (Å²) >= 11 is 1.33. The van der Waals surface area contributed by atoms with Crippen LogP contribution in [0.25, 0.3) is 11.6 Å². The highest BCUT2D eigenvalue weighted by Gasteiger charge is 2.21. The molecule has 0 amide bonds. The number of thioether (sulfide) groups is 1. The molecule has 0 bridgehead atoms. The van der Waals surface area contributed by atoms with Gasteiger partial charge in [0.2, 0.25) is 0 Å². The van der Waals surface area contributed by atoms with Gasteiger partial charge >= 0.3 is 5.97 Å². The summed E-state index contributed by atoms with van der Waals surface area (Å²) in [6.07, 6.45) is 3.36. The van der Waals surface area contributed by atoms with Crippen LogP contribution in [-0.2, 0) is 11.3 Å². The van der Waals surface area contributed by atoms with Crippen molar-refractivity contribution in [3.05, 3.63) is 65.3 Å². The first-order valence-corrected chi connectivity index (χ1v) is 8.69. The molecule has 0 aliphatic heterocycles. The Balaban J connectivity index is 1.83. The fraction of sp³-hybridized carbons (Fsp3) is 0.167. The van der Waals surface area contributed by atoms with E-state index < -0.39 is 5.97 Å². The summed E-state index contributed by atoms with van der Waals surface area (Å²) < 4.78 is 23.6. The van der Waals surface area contributed by atoms with E-state index in [0.29, 0.717) is 33.4 Å². The second kappa shape index (κ2) is 7.48. The number of aromatic nitrogens is 2. The third-order valence-electron chi connectivity index (χ3n) is 3.48. The minimum absolute atomic E-state index is 0.0479. The first kappa shape index (κ1) is 17.2. The topological polar surface area (TPSA) is 65.2 Å². The summed E-state index contributed by atoms with van der Waals surface area (Å²) in [5.74, 6) is 0.0984. The van der Waals surface area contributed by atoms with Crippen LogP contribution >= 0.6 is 11.8 Å².